The molecule has 0 saturated carbocycles. The Kier molecular flexibility index (Phi) is 5.48. The highest BCUT2D eigenvalue weighted by Crippen LogP contribution is 2.24. The van der Waals surface area contributed by atoms with E-state index in [1.54, 1.807) is 18.2 Å². The average molecular weight is 310 g/mol. The van der Waals surface area contributed by atoms with Gasteiger partial charge in [0, 0.05) is 25.2 Å². The molecule has 4 nitrogen and oxygen atoms in total. The maximum Gasteiger partial charge on any atom is 0.225 e. The van der Waals surface area contributed by atoms with Crippen molar-refractivity contribution in [2.24, 2.45) is 11.8 Å². The lowest BCUT2D eigenvalue weighted by Crippen LogP contribution is -2.26. The second kappa shape index (κ2) is 7.14. The summed E-state index contributed by atoms with van der Waals surface area (Å²) in [7, 11) is 0. The standard InChI is InChI=1S/C16H24ClN3O/c1-11(2)12-5-7-20(10-12)8-6-16(21)19-13-3-4-14(17)15(18)9-13/h3-4,9,11-12H,5-8,10,18H2,1-2H3,(H,19,21). The second-order valence-corrected chi connectivity index (χ2v) is 6.54. The van der Waals surface area contributed by atoms with Gasteiger partial charge in [-0.3, -0.25) is 4.79 Å². The zero-order chi connectivity index (χ0) is 15.4. The van der Waals surface area contributed by atoms with E-state index in [1.807, 2.05) is 0 Å². The number of nitrogen functional groups attached to an aromatic ring is 1. The number of benzene rings is 1. The lowest BCUT2D eigenvalue weighted by molar-refractivity contribution is -0.116. The number of carbonyl (C=O) groups excluding carboxylic acids is 1. The number of rotatable bonds is 5. The molecule has 1 aliphatic heterocycles. The number of likely N-dealkylation sites (tertiary alicyclic amines) is 1. The summed E-state index contributed by atoms with van der Waals surface area (Å²) >= 11 is 5.86. The smallest absolute Gasteiger partial charge is 0.225 e. The molecule has 0 bridgehead atoms. The zero-order valence-corrected chi connectivity index (χ0v) is 13.5. The van der Waals surface area contributed by atoms with Crippen LogP contribution in [-0.4, -0.2) is 30.4 Å². The van der Waals surface area contributed by atoms with Crippen molar-refractivity contribution in [1.29, 1.82) is 0 Å². The van der Waals surface area contributed by atoms with Crippen molar-refractivity contribution in [3.05, 3.63) is 23.2 Å². The SMILES string of the molecule is CC(C)C1CCN(CCC(=O)Nc2ccc(Cl)c(N)c2)C1. The van der Waals surface area contributed by atoms with Gasteiger partial charge in [0.25, 0.3) is 0 Å². The molecule has 1 unspecified atom stereocenters. The van der Waals surface area contributed by atoms with E-state index >= 15 is 0 Å². The van der Waals surface area contributed by atoms with E-state index < -0.39 is 0 Å². The molecule has 1 aromatic carbocycles. The fourth-order valence-corrected chi connectivity index (χ4v) is 2.83. The van der Waals surface area contributed by atoms with Gasteiger partial charge in [0.2, 0.25) is 5.91 Å². The summed E-state index contributed by atoms with van der Waals surface area (Å²) in [6.07, 6.45) is 1.75. The molecule has 1 amide bonds. The highest BCUT2D eigenvalue weighted by molar-refractivity contribution is 6.33. The van der Waals surface area contributed by atoms with Crippen molar-refractivity contribution >= 4 is 28.9 Å². The van der Waals surface area contributed by atoms with Crippen LogP contribution >= 0.6 is 11.6 Å². The van der Waals surface area contributed by atoms with Crippen LogP contribution in [0.15, 0.2) is 18.2 Å². The van der Waals surface area contributed by atoms with Gasteiger partial charge < -0.3 is 16.0 Å². The Morgan fingerprint density at radius 1 is 1.52 bits per heavy atom. The number of amides is 1. The van der Waals surface area contributed by atoms with Crippen LogP contribution in [0.5, 0.6) is 0 Å². The minimum absolute atomic E-state index is 0.0183. The quantitative estimate of drug-likeness (QED) is 0.821. The molecule has 1 aromatic rings. The maximum absolute atomic E-state index is 12.0. The average Bonchev–Trinajstić information content (AvgIpc) is 2.90. The third kappa shape index (κ3) is 4.61. The highest BCUT2D eigenvalue weighted by Gasteiger charge is 2.24. The van der Waals surface area contributed by atoms with E-state index in [2.05, 4.69) is 24.1 Å². The summed E-state index contributed by atoms with van der Waals surface area (Å²) in [5.41, 5.74) is 6.90. The fourth-order valence-electron chi connectivity index (χ4n) is 2.71. The minimum atomic E-state index is 0.0183. The van der Waals surface area contributed by atoms with Crippen molar-refractivity contribution in [3.63, 3.8) is 0 Å². The molecular weight excluding hydrogens is 286 g/mol. The van der Waals surface area contributed by atoms with Crippen molar-refractivity contribution in [1.82, 2.24) is 4.90 Å². The van der Waals surface area contributed by atoms with Crippen LogP contribution in [0.3, 0.4) is 0 Å². The van der Waals surface area contributed by atoms with Crippen molar-refractivity contribution < 1.29 is 4.79 Å². The molecule has 1 aliphatic rings. The molecule has 3 N–H and O–H groups in total. The Balaban J connectivity index is 1.76. The first-order chi connectivity index (χ1) is 9.95. The van der Waals surface area contributed by atoms with Crippen molar-refractivity contribution in [2.45, 2.75) is 26.7 Å². The monoisotopic (exact) mass is 309 g/mol. The van der Waals surface area contributed by atoms with Crippen LogP contribution < -0.4 is 11.1 Å². The van der Waals surface area contributed by atoms with Gasteiger partial charge in [-0.15, -0.1) is 0 Å². The molecule has 0 aromatic heterocycles. The number of anilines is 2. The molecule has 116 valence electrons. The van der Waals surface area contributed by atoms with Gasteiger partial charge in [0.1, 0.15) is 0 Å². The summed E-state index contributed by atoms with van der Waals surface area (Å²) in [5.74, 6) is 1.51. The summed E-state index contributed by atoms with van der Waals surface area (Å²) in [4.78, 5) is 14.3. The molecule has 1 fully saturated rings. The number of halogens is 1. The first kappa shape index (κ1) is 16.1. The van der Waals surface area contributed by atoms with Gasteiger partial charge >= 0.3 is 0 Å². The molecule has 0 spiro atoms. The van der Waals surface area contributed by atoms with E-state index in [0.29, 0.717) is 22.8 Å². The third-order valence-electron chi connectivity index (χ3n) is 4.19. The van der Waals surface area contributed by atoms with Crippen LogP contribution in [0.2, 0.25) is 5.02 Å². The van der Waals surface area contributed by atoms with Gasteiger partial charge in [-0.05, 0) is 43.0 Å². The van der Waals surface area contributed by atoms with Gasteiger partial charge in [0.15, 0.2) is 0 Å². The number of carbonyl (C=O) groups is 1. The Morgan fingerprint density at radius 2 is 2.29 bits per heavy atom. The molecule has 1 heterocycles. The molecular formula is C16H24ClN3O. The lowest BCUT2D eigenvalue weighted by Gasteiger charge is -2.17. The summed E-state index contributed by atoms with van der Waals surface area (Å²) in [6, 6.07) is 5.15. The number of nitrogens with one attached hydrogen (secondary N) is 1. The number of hydrogen-bond acceptors (Lipinski definition) is 3. The Morgan fingerprint density at radius 3 is 2.90 bits per heavy atom. The van der Waals surface area contributed by atoms with Gasteiger partial charge in [-0.25, -0.2) is 0 Å². The fraction of sp³-hybridized carbons (Fsp3) is 0.562. The summed E-state index contributed by atoms with van der Waals surface area (Å²) in [6.45, 7) is 7.57. The molecule has 1 atom stereocenters. The Labute approximate surface area is 131 Å². The Hall–Kier alpha value is -1.26. The molecule has 1 saturated heterocycles. The van der Waals surface area contributed by atoms with Crippen LogP contribution in [-0.2, 0) is 4.79 Å². The van der Waals surface area contributed by atoms with Gasteiger partial charge in [0.05, 0.1) is 10.7 Å². The summed E-state index contributed by atoms with van der Waals surface area (Å²) < 4.78 is 0. The van der Waals surface area contributed by atoms with E-state index in [1.165, 1.54) is 6.42 Å². The molecule has 5 heteroatoms. The number of nitrogens with zero attached hydrogens (tertiary/aromatic N) is 1. The van der Waals surface area contributed by atoms with Crippen LogP contribution in [0.25, 0.3) is 0 Å². The molecule has 21 heavy (non-hydrogen) atoms. The van der Waals surface area contributed by atoms with Crippen LogP contribution in [0, 0.1) is 11.8 Å². The number of hydrogen-bond donors (Lipinski definition) is 2. The van der Waals surface area contributed by atoms with Crippen LogP contribution in [0.4, 0.5) is 11.4 Å². The van der Waals surface area contributed by atoms with Gasteiger partial charge in [-0.2, -0.15) is 0 Å². The Bertz CT molecular complexity index is 504. The largest absolute Gasteiger partial charge is 0.397 e. The van der Waals surface area contributed by atoms with Crippen molar-refractivity contribution in [2.75, 3.05) is 30.7 Å². The first-order valence-corrected chi connectivity index (χ1v) is 7.90. The first-order valence-electron chi connectivity index (χ1n) is 7.53. The molecule has 0 radical (unpaired) electrons. The van der Waals surface area contributed by atoms with E-state index in [9.17, 15) is 4.79 Å². The predicted octanol–water partition coefficient (Wildman–Crippen LogP) is 3.23. The molecule has 0 aliphatic carbocycles. The van der Waals surface area contributed by atoms with E-state index in [-0.39, 0.29) is 5.91 Å². The zero-order valence-electron chi connectivity index (χ0n) is 12.7. The second-order valence-electron chi connectivity index (χ2n) is 6.13. The van der Waals surface area contributed by atoms with Crippen LogP contribution in [0.1, 0.15) is 26.7 Å². The maximum atomic E-state index is 12.0. The van der Waals surface area contributed by atoms with E-state index in [4.69, 9.17) is 17.3 Å². The topological polar surface area (TPSA) is 58.4 Å². The highest BCUT2D eigenvalue weighted by atomic mass is 35.5. The predicted molar refractivity (Wildman–Crippen MR) is 88.5 cm³/mol. The van der Waals surface area contributed by atoms with Crippen molar-refractivity contribution in [3.8, 4) is 0 Å². The normalized spacial score (nSPS) is 19.1. The third-order valence-corrected chi connectivity index (χ3v) is 4.53. The van der Waals surface area contributed by atoms with E-state index in [0.717, 1.165) is 31.5 Å². The summed E-state index contributed by atoms with van der Waals surface area (Å²) in [5, 5.41) is 3.37. The van der Waals surface area contributed by atoms with Gasteiger partial charge in [-0.1, -0.05) is 25.4 Å². The number of nitrogens with two attached hydrogens (primary N) is 1. The molecule has 2 rings (SSSR count). The minimum Gasteiger partial charge on any atom is -0.397 e. The lowest BCUT2D eigenvalue weighted by atomic mass is 9.95.